The molecule has 1 aromatic carbocycles. The molecule has 118 valence electrons. The van der Waals surface area contributed by atoms with E-state index in [0.717, 1.165) is 41.3 Å². The summed E-state index contributed by atoms with van der Waals surface area (Å²) in [5.41, 5.74) is 2.81. The van der Waals surface area contributed by atoms with Gasteiger partial charge in [0, 0.05) is 11.4 Å². The van der Waals surface area contributed by atoms with Crippen molar-refractivity contribution < 1.29 is 4.79 Å². The molecule has 2 atom stereocenters. The fourth-order valence-electron chi connectivity index (χ4n) is 3.42. The Labute approximate surface area is 138 Å². The monoisotopic (exact) mass is 326 g/mol. The lowest BCUT2D eigenvalue weighted by molar-refractivity contribution is -0.118. The van der Waals surface area contributed by atoms with Crippen molar-refractivity contribution >= 4 is 34.5 Å². The third-order valence-electron chi connectivity index (χ3n) is 4.53. The number of rotatable bonds is 3. The van der Waals surface area contributed by atoms with Crippen molar-refractivity contribution in [1.29, 1.82) is 5.41 Å². The van der Waals surface area contributed by atoms with Crippen LogP contribution in [0.15, 0.2) is 35.7 Å². The molecule has 0 radical (unpaired) electrons. The molecular weight excluding hydrogens is 308 g/mol. The van der Waals surface area contributed by atoms with Crippen LogP contribution in [0.4, 0.5) is 11.4 Å². The van der Waals surface area contributed by atoms with Gasteiger partial charge in [0.05, 0.1) is 10.8 Å². The van der Waals surface area contributed by atoms with Gasteiger partial charge < -0.3 is 16.0 Å². The molecule has 23 heavy (non-hydrogen) atoms. The average molecular weight is 326 g/mol. The van der Waals surface area contributed by atoms with Gasteiger partial charge in [-0.15, -0.1) is 11.3 Å². The van der Waals surface area contributed by atoms with E-state index in [-0.39, 0.29) is 11.8 Å². The summed E-state index contributed by atoms with van der Waals surface area (Å²) < 4.78 is 0. The molecular formula is C17H18N4OS. The first-order chi connectivity index (χ1) is 11.2. The Morgan fingerprint density at radius 3 is 3.00 bits per heavy atom. The zero-order valence-electron chi connectivity index (χ0n) is 12.6. The molecule has 0 spiro atoms. The highest BCUT2D eigenvalue weighted by molar-refractivity contribution is 7.12. The number of anilines is 2. The van der Waals surface area contributed by atoms with Gasteiger partial charge in [0.25, 0.3) is 0 Å². The summed E-state index contributed by atoms with van der Waals surface area (Å²) in [6.45, 7) is 1.87. The topological polar surface area (TPSA) is 77.0 Å². The highest BCUT2D eigenvalue weighted by Crippen LogP contribution is 2.40. The molecule has 1 fully saturated rings. The molecule has 2 aromatic rings. The number of amides is 1. The predicted octanol–water partition coefficient (Wildman–Crippen LogP) is 2.83. The minimum Gasteiger partial charge on any atom is -0.340 e. The van der Waals surface area contributed by atoms with Crippen molar-refractivity contribution in [3.63, 3.8) is 0 Å². The molecule has 2 aliphatic heterocycles. The first-order valence-corrected chi connectivity index (χ1v) is 8.65. The van der Waals surface area contributed by atoms with Crippen LogP contribution in [-0.2, 0) is 4.79 Å². The highest BCUT2D eigenvalue weighted by atomic mass is 32.1. The zero-order valence-corrected chi connectivity index (χ0v) is 13.4. The molecule has 0 bridgehead atoms. The Bertz CT molecular complexity index is 750. The Morgan fingerprint density at radius 1 is 1.35 bits per heavy atom. The number of nitrogens with one attached hydrogen (secondary N) is 4. The van der Waals surface area contributed by atoms with Crippen LogP contribution in [0.3, 0.4) is 0 Å². The van der Waals surface area contributed by atoms with Gasteiger partial charge in [-0.3, -0.25) is 10.2 Å². The van der Waals surface area contributed by atoms with Gasteiger partial charge in [0.1, 0.15) is 5.84 Å². The summed E-state index contributed by atoms with van der Waals surface area (Å²) in [5.74, 6) is 0.747. The lowest BCUT2D eigenvalue weighted by atomic mass is 9.86. The standard InChI is InChI=1S/C17H18N4OS/c18-16(14-2-1-7-23-14)20-11-3-4-13-12(8-11)15(17(22)21-13)10-5-6-19-9-10/h1-4,7-8,10,15,19H,5-6,9H2,(H2,18,20)(H,21,22). The fourth-order valence-corrected chi connectivity index (χ4v) is 4.05. The third kappa shape index (κ3) is 2.64. The van der Waals surface area contributed by atoms with E-state index in [1.165, 1.54) is 11.3 Å². The number of benzene rings is 1. The summed E-state index contributed by atoms with van der Waals surface area (Å²) in [7, 11) is 0. The number of carbonyl (C=O) groups is 1. The Kier molecular flexibility index (Phi) is 3.63. The molecule has 6 heteroatoms. The minimum atomic E-state index is -0.0855. The summed E-state index contributed by atoms with van der Waals surface area (Å²) >= 11 is 1.54. The first-order valence-electron chi connectivity index (χ1n) is 7.77. The largest absolute Gasteiger partial charge is 0.340 e. The molecule has 4 rings (SSSR count). The second-order valence-electron chi connectivity index (χ2n) is 6.00. The van der Waals surface area contributed by atoms with Crippen molar-refractivity contribution in [2.75, 3.05) is 23.7 Å². The highest BCUT2D eigenvalue weighted by Gasteiger charge is 2.38. The molecule has 1 saturated heterocycles. The second-order valence-corrected chi connectivity index (χ2v) is 6.95. The zero-order chi connectivity index (χ0) is 15.8. The molecule has 5 nitrogen and oxygen atoms in total. The summed E-state index contributed by atoms with van der Waals surface area (Å²) in [6.07, 6.45) is 1.03. The number of thiophene rings is 1. The molecule has 1 amide bonds. The van der Waals surface area contributed by atoms with E-state index in [1.807, 2.05) is 35.7 Å². The van der Waals surface area contributed by atoms with Gasteiger partial charge in [-0.25, -0.2) is 0 Å². The number of hydrogen-bond donors (Lipinski definition) is 4. The van der Waals surface area contributed by atoms with Crippen LogP contribution < -0.4 is 16.0 Å². The lowest BCUT2D eigenvalue weighted by Gasteiger charge is -2.16. The van der Waals surface area contributed by atoms with Gasteiger partial charge in [-0.05, 0) is 60.6 Å². The third-order valence-corrected chi connectivity index (χ3v) is 5.42. The van der Waals surface area contributed by atoms with Crippen LogP contribution in [0.2, 0.25) is 0 Å². The van der Waals surface area contributed by atoms with E-state index in [1.54, 1.807) is 0 Å². The Balaban J connectivity index is 1.60. The SMILES string of the molecule is N=C(Nc1ccc2c(c1)C(C1CCNC1)C(=O)N2)c1cccs1. The minimum absolute atomic E-state index is 0.0855. The van der Waals surface area contributed by atoms with Crippen molar-refractivity contribution in [1.82, 2.24) is 5.32 Å². The number of hydrogen-bond acceptors (Lipinski definition) is 4. The van der Waals surface area contributed by atoms with Crippen molar-refractivity contribution in [3.8, 4) is 0 Å². The van der Waals surface area contributed by atoms with Gasteiger partial charge in [0.15, 0.2) is 0 Å². The smallest absolute Gasteiger partial charge is 0.232 e. The van der Waals surface area contributed by atoms with Gasteiger partial charge in [-0.1, -0.05) is 6.07 Å². The van der Waals surface area contributed by atoms with Crippen LogP contribution in [0.1, 0.15) is 22.8 Å². The second kappa shape index (κ2) is 5.79. The Morgan fingerprint density at radius 2 is 2.26 bits per heavy atom. The van der Waals surface area contributed by atoms with E-state index < -0.39 is 0 Å². The molecule has 2 aliphatic rings. The van der Waals surface area contributed by atoms with E-state index in [0.29, 0.717) is 11.8 Å². The quantitative estimate of drug-likeness (QED) is 0.517. The number of amidine groups is 1. The molecule has 0 aliphatic carbocycles. The van der Waals surface area contributed by atoms with Crippen LogP contribution in [0.5, 0.6) is 0 Å². The normalized spacial score (nSPS) is 22.7. The average Bonchev–Trinajstić information content (AvgIpc) is 3.27. The maximum atomic E-state index is 12.3. The molecule has 2 unspecified atom stereocenters. The van der Waals surface area contributed by atoms with Crippen LogP contribution >= 0.6 is 11.3 Å². The molecule has 4 N–H and O–H groups in total. The number of carbonyl (C=O) groups excluding carboxylic acids is 1. The van der Waals surface area contributed by atoms with Crippen LogP contribution in [0, 0.1) is 11.3 Å². The van der Waals surface area contributed by atoms with Crippen molar-refractivity contribution in [2.24, 2.45) is 5.92 Å². The van der Waals surface area contributed by atoms with E-state index >= 15 is 0 Å². The summed E-state index contributed by atoms with van der Waals surface area (Å²) in [5, 5.41) is 19.6. The Hall–Kier alpha value is -2.18. The van der Waals surface area contributed by atoms with E-state index in [4.69, 9.17) is 5.41 Å². The fraction of sp³-hybridized carbons (Fsp3) is 0.294. The van der Waals surface area contributed by atoms with Crippen LogP contribution in [-0.4, -0.2) is 24.8 Å². The first kappa shape index (κ1) is 14.4. The van der Waals surface area contributed by atoms with Crippen molar-refractivity contribution in [3.05, 3.63) is 46.2 Å². The van der Waals surface area contributed by atoms with Crippen molar-refractivity contribution in [2.45, 2.75) is 12.3 Å². The van der Waals surface area contributed by atoms with Gasteiger partial charge >= 0.3 is 0 Å². The number of fused-ring (bicyclic) bond motifs is 1. The van der Waals surface area contributed by atoms with E-state index in [2.05, 4.69) is 16.0 Å². The maximum Gasteiger partial charge on any atom is 0.232 e. The molecule has 0 saturated carbocycles. The predicted molar refractivity (Wildman–Crippen MR) is 93.6 cm³/mol. The molecule has 3 heterocycles. The summed E-state index contributed by atoms with van der Waals surface area (Å²) in [6, 6.07) is 9.71. The summed E-state index contributed by atoms with van der Waals surface area (Å²) in [4.78, 5) is 13.2. The lowest BCUT2D eigenvalue weighted by Crippen LogP contribution is -2.22. The van der Waals surface area contributed by atoms with Gasteiger partial charge in [0.2, 0.25) is 5.91 Å². The van der Waals surface area contributed by atoms with Crippen LogP contribution in [0.25, 0.3) is 0 Å². The molecule has 1 aromatic heterocycles. The van der Waals surface area contributed by atoms with E-state index in [9.17, 15) is 4.79 Å². The maximum absolute atomic E-state index is 12.3. The van der Waals surface area contributed by atoms with Gasteiger partial charge in [-0.2, -0.15) is 0 Å².